The third-order valence-electron chi connectivity index (χ3n) is 3.79. The summed E-state index contributed by atoms with van der Waals surface area (Å²) in [5.41, 5.74) is 0.459. The molecular formula is C14H19NO5S. The number of carbonyl (C=O) groups is 1. The Kier molecular flexibility index (Phi) is 4.65. The smallest absolute Gasteiger partial charge is 0.335 e. The summed E-state index contributed by atoms with van der Waals surface area (Å²) in [6.45, 7) is 1.61. The van der Waals surface area contributed by atoms with Gasteiger partial charge in [0.2, 0.25) is 10.0 Å². The predicted octanol–water partition coefficient (Wildman–Crippen LogP) is 1.28. The number of nitrogens with one attached hydrogen (secondary N) is 1. The summed E-state index contributed by atoms with van der Waals surface area (Å²) >= 11 is 0. The van der Waals surface area contributed by atoms with E-state index in [1.165, 1.54) is 12.1 Å². The molecule has 3 N–H and O–H groups in total. The van der Waals surface area contributed by atoms with Crippen LogP contribution in [0.1, 0.15) is 41.6 Å². The van der Waals surface area contributed by atoms with E-state index in [2.05, 4.69) is 4.72 Å². The summed E-state index contributed by atoms with van der Waals surface area (Å²) in [5.74, 6) is -1.16. The Morgan fingerprint density at radius 2 is 1.95 bits per heavy atom. The van der Waals surface area contributed by atoms with Crippen molar-refractivity contribution in [2.45, 2.75) is 49.6 Å². The van der Waals surface area contributed by atoms with Crippen LogP contribution in [-0.4, -0.2) is 36.7 Å². The minimum Gasteiger partial charge on any atom is -0.478 e. The highest BCUT2D eigenvalue weighted by Gasteiger charge is 2.28. The first kappa shape index (κ1) is 15.9. The molecule has 0 saturated heterocycles. The zero-order valence-electron chi connectivity index (χ0n) is 11.7. The van der Waals surface area contributed by atoms with Crippen molar-refractivity contribution in [2.24, 2.45) is 0 Å². The average Bonchev–Trinajstić information content (AvgIpc) is 2.41. The molecule has 0 aliphatic heterocycles. The Balaban J connectivity index is 2.27. The van der Waals surface area contributed by atoms with Gasteiger partial charge in [0, 0.05) is 6.04 Å². The molecule has 0 bridgehead atoms. The van der Waals surface area contributed by atoms with Crippen LogP contribution in [-0.2, 0) is 10.0 Å². The first-order chi connectivity index (χ1) is 9.81. The molecule has 0 heterocycles. The van der Waals surface area contributed by atoms with Gasteiger partial charge in [0.1, 0.15) is 0 Å². The SMILES string of the molecule is Cc1ccc(S(=O)(=O)NC2CCCCC2O)cc1C(=O)O. The summed E-state index contributed by atoms with van der Waals surface area (Å²) in [7, 11) is -3.84. The Labute approximate surface area is 123 Å². The number of hydrogen-bond donors (Lipinski definition) is 3. The summed E-state index contributed by atoms with van der Waals surface area (Å²) in [4.78, 5) is 11.0. The highest BCUT2D eigenvalue weighted by atomic mass is 32.2. The van der Waals surface area contributed by atoms with Gasteiger partial charge in [0.15, 0.2) is 0 Å². The van der Waals surface area contributed by atoms with Gasteiger partial charge in [-0.1, -0.05) is 18.9 Å². The van der Waals surface area contributed by atoms with Gasteiger partial charge >= 0.3 is 5.97 Å². The molecule has 1 saturated carbocycles. The minimum atomic E-state index is -3.84. The van der Waals surface area contributed by atoms with Gasteiger partial charge in [-0.3, -0.25) is 0 Å². The maximum absolute atomic E-state index is 12.3. The third kappa shape index (κ3) is 3.61. The molecule has 6 nitrogen and oxygen atoms in total. The van der Waals surface area contributed by atoms with Crippen molar-refractivity contribution in [1.29, 1.82) is 0 Å². The first-order valence-corrected chi connectivity index (χ1v) is 8.34. The Morgan fingerprint density at radius 1 is 1.29 bits per heavy atom. The molecule has 0 radical (unpaired) electrons. The van der Waals surface area contributed by atoms with Crippen LogP contribution in [0.3, 0.4) is 0 Å². The number of aromatic carboxylic acids is 1. The molecule has 2 atom stereocenters. The number of hydrogen-bond acceptors (Lipinski definition) is 4. The van der Waals surface area contributed by atoms with Gasteiger partial charge in [0.25, 0.3) is 0 Å². The summed E-state index contributed by atoms with van der Waals surface area (Å²) in [5, 5.41) is 18.9. The van der Waals surface area contributed by atoms with Gasteiger partial charge in [0.05, 0.1) is 16.6 Å². The number of sulfonamides is 1. The lowest BCUT2D eigenvalue weighted by Gasteiger charge is -2.28. The van der Waals surface area contributed by atoms with Gasteiger partial charge in [-0.25, -0.2) is 17.9 Å². The maximum Gasteiger partial charge on any atom is 0.335 e. The molecule has 1 fully saturated rings. The molecular weight excluding hydrogens is 294 g/mol. The maximum atomic E-state index is 12.3. The van der Waals surface area contributed by atoms with Crippen LogP contribution in [0.25, 0.3) is 0 Å². The van der Waals surface area contributed by atoms with Crippen molar-refractivity contribution in [3.63, 3.8) is 0 Å². The molecule has 0 aromatic heterocycles. The van der Waals surface area contributed by atoms with Gasteiger partial charge < -0.3 is 10.2 Å². The molecule has 1 aliphatic rings. The van der Waals surface area contributed by atoms with E-state index in [1.807, 2.05) is 0 Å². The van der Waals surface area contributed by atoms with Gasteiger partial charge in [-0.15, -0.1) is 0 Å². The van der Waals surface area contributed by atoms with Crippen LogP contribution < -0.4 is 4.72 Å². The van der Waals surface area contributed by atoms with Crippen molar-refractivity contribution < 1.29 is 23.4 Å². The van der Waals surface area contributed by atoms with E-state index < -0.39 is 28.1 Å². The number of carboxylic acids is 1. The molecule has 7 heteroatoms. The van der Waals surface area contributed by atoms with Crippen molar-refractivity contribution >= 4 is 16.0 Å². The van der Waals surface area contributed by atoms with Gasteiger partial charge in [-0.2, -0.15) is 0 Å². The molecule has 116 valence electrons. The summed E-state index contributed by atoms with van der Waals surface area (Å²) < 4.78 is 27.1. The fourth-order valence-corrected chi connectivity index (χ4v) is 3.84. The Bertz CT molecular complexity index is 641. The highest BCUT2D eigenvalue weighted by Crippen LogP contribution is 2.21. The van der Waals surface area contributed by atoms with E-state index in [-0.39, 0.29) is 10.5 Å². The Hall–Kier alpha value is -1.44. The summed E-state index contributed by atoms with van der Waals surface area (Å²) in [6.07, 6.45) is 2.20. The van der Waals surface area contributed by atoms with Crippen molar-refractivity contribution in [2.75, 3.05) is 0 Å². The van der Waals surface area contributed by atoms with Crippen molar-refractivity contribution in [1.82, 2.24) is 4.72 Å². The number of aliphatic hydroxyl groups excluding tert-OH is 1. The molecule has 1 aromatic carbocycles. The lowest BCUT2D eigenvalue weighted by atomic mass is 9.93. The molecule has 2 unspecified atom stereocenters. The quantitative estimate of drug-likeness (QED) is 0.776. The lowest BCUT2D eigenvalue weighted by Crippen LogP contribution is -2.44. The topological polar surface area (TPSA) is 104 Å². The van der Waals surface area contributed by atoms with Crippen LogP contribution in [0.2, 0.25) is 0 Å². The number of carboxylic acid groups (broad SMARTS) is 1. The largest absolute Gasteiger partial charge is 0.478 e. The number of benzene rings is 1. The molecule has 0 amide bonds. The second-order valence-electron chi connectivity index (χ2n) is 5.36. The van der Waals surface area contributed by atoms with Crippen molar-refractivity contribution in [3.05, 3.63) is 29.3 Å². The van der Waals surface area contributed by atoms with Gasteiger partial charge in [-0.05, 0) is 37.5 Å². The Morgan fingerprint density at radius 3 is 2.57 bits per heavy atom. The zero-order valence-corrected chi connectivity index (χ0v) is 12.6. The standard InChI is InChI=1S/C14H19NO5S/c1-9-6-7-10(8-11(9)14(17)18)21(19,20)15-12-4-2-3-5-13(12)16/h6-8,12-13,15-16H,2-5H2,1H3,(H,17,18). The van der Waals surface area contributed by atoms with Crippen LogP contribution in [0.15, 0.2) is 23.1 Å². The minimum absolute atomic E-state index is 0.0398. The second-order valence-corrected chi connectivity index (χ2v) is 7.08. The van der Waals surface area contributed by atoms with E-state index in [0.29, 0.717) is 18.4 Å². The second kappa shape index (κ2) is 6.13. The van der Waals surface area contributed by atoms with Crippen molar-refractivity contribution in [3.8, 4) is 0 Å². The molecule has 2 rings (SSSR count). The zero-order chi connectivity index (χ0) is 15.6. The molecule has 1 aromatic rings. The fourth-order valence-electron chi connectivity index (χ4n) is 2.51. The monoisotopic (exact) mass is 313 g/mol. The predicted molar refractivity (Wildman–Crippen MR) is 76.7 cm³/mol. The highest BCUT2D eigenvalue weighted by molar-refractivity contribution is 7.89. The lowest BCUT2D eigenvalue weighted by molar-refractivity contribution is 0.0695. The van der Waals surface area contributed by atoms with Crippen LogP contribution in [0.5, 0.6) is 0 Å². The average molecular weight is 313 g/mol. The fraction of sp³-hybridized carbons (Fsp3) is 0.500. The van der Waals surface area contributed by atoms with Crippen LogP contribution in [0.4, 0.5) is 0 Å². The molecule has 1 aliphatic carbocycles. The van der Waals surface area contributed by atoms with Crippen LogP contribution >= 0.6 is 0 Å². The number of rotatable bonds is 4. The molecule has 0 spiro atoms. The van der Waals surface area contributed by atoms with E-state index in [0.717, 1.165) is 18.9 Å². The third-order valence-corrected chi connectivity index (χ3v) is 5.27. The summed E-state index contributed by atoms with van der Waals surface area (Å²) in [6, 6.07) is 3.47. The first-order valence-electron chi connectivity index (χ1n) is 6.85. The van der Waals surface area contributed by atoms with E-state index in [9.17, 15) is 18.3 Å². The normalized spacial score (nSPS) is 23.0. The number of aryl methyl sites for hydroxylation is 1. The van der Waals surface area contributed by atoms with E-state index >= 15 is 0 Å². The van der Waals surface area contributed by atoms with E-state index in [1.54, 1.807) is 6.92 Å². The van der Waals surface area contributed by atoms with Crippen LogP contribution in [0, 0.1) is 6.92 Å². The number of aliphatic hydroxyl groups is 1. The van der Waals surface area contributed by atoms with E-state index in [4.69, 9.17) is 5.11 Å². The molecule has 21 heavy (non-hydrogen) atoms.